The van der Waals surface area contributed by atoms with Gasteiger partial charge in [-0.05, 0) is 12.8 Å². The lowest BCUT2D eigenvalue weighted by atomic mass is 9.83. The normalized spacial score (nSPS) is 22.5. The molecule has 0 heterocycles. The first-order valence-corrected chi connectivity index (χ1v) is 3.79. The van der Waals surface area contributed by atoms with Crippen molar-refractivity contribution in [2.45, 2.75) is 37.6 Å². The van der Waals surface area contributed by atoms with Gasteiger partial charge < -0.3 is 5.11 Å². The van der Waals surface area contributed by atoms with Gasteiger partial charge in [0.1, 0.15) is 0 Å². The third-order valence-corrected chi connectivity index (χ3v) is 2.25. The lowest BCUT2D eigenvalue weighted by molar-refractivity contribution is -0.144. The van der Waals surface area contributed by atoms with Crippen molar-refractivity contribution in [1.29, 1.82) is 0 Å². The van der Waals surface area contributed by atoms with Gasteiger partial charge in [0.25, 0.3) is 0 Å². The molecule has 1 N–H and O–H groups in total. The Morgan fingerprint density at radius 2 is 1.82 bits per heavy atom. The lowest BCUT2D eigenvalue weighted by Crippen LogP contribution is -2.38. The van der Waals surface area contributed by atoms with Gasteiger partial charge in [0.05, 0.1) is 0 Å². The summed E-state index contributed by atoms with van der Waals surface area (Å²) in [6, 6.07) is 0. The first kappa shape index (κ1) is 8.17. The molecular weight excluding hydrogens is 146 g/mol. The van der Waals surface area contributed by atoms with E-state index in [4.69, 9.17) is 5.11 Å². The number of aliphatic carboxylic acids is 1. The molecular formula is C7H11NO3. The molecule has 0 bridgehead atoms. The summed E-state index contributed by atoms with van der Waals surface area (Å²) in [5, 5.41) is 11.4. The van der Waals surface area contributed by atoms with E-state index in [0.717, 1.165) is 19.3 Å². The van der Waals surface area contributed by atoms with Gasteiger partial charge in [0.15, 0.2) is 5.54 Å². The van der Waals surface area contributed by atoms with E-state index >= 15 is 0 Å². The van der Waals surface area contributed by atoms with Crippen LogP contribution < -0.4 is 0 Å². The van der Waals surface area contributed by atoms with Gasteiger partial charge in [-0.3, -0.25) is 0 Å². The highest BCUT2D eigenvalue weighted by molar-refractivity contribution is 5.79. The summed E-state index contributed by atoms with van der Waals surface area (Å²) in [7, 11) is 0. The minimum absolute atomic E-state index is 0.409. The molecule has 0 unspecified atom stereocenters. The third kappa shape index (κ3) is 1.39. The van der Waals surface area contributed by atoms with E-state index in [2.05, 4.69) is 5.18 Å². The quantitative estimate of drug-likeness (QED) is 0.618. The smallest absolute Gasteiger partial charge is 0.335 e. The zero-order valence-electron chi connectivity index (χ0n) is 6.25. The second-order valence-electron chi connectivity index (χ2n) is 2.99. The van der Waals surface area contributed by atoms with Crippen molar-refractivity contribution in [2.24, 2.45) is 5.18 Å². The second-order valence-corrected chi connectivity index (χ2v) is 2.99. The first-order chi connectivity index (χ1) is 5.21. The minimum atomic E-state index is -1.29. The molecule has 4 heteroatoms. The number of hydrogen-bond donors (Lipinski definition) is 1. The van der Waals surface area contributed by atoms with Crippen LogP contribution in [0.1, 0.15) is 32.1 Å². The molecule has 1 saturated carbocycles. The topological polar surface area (TPSA) is 66.7 Å². The van der Waals surface area contributed by atoms with Crippen LogP contribution in [-0.4, -0.2) is 16.6 Å². The van der Waals surface area contributed by atoms with Crippen LogP contribution in [-0.2, 0) is 4.79 Å². The summed E-state index contributed by atoms with van der Waals surface area (Å²) in [6.45, 7) is 0. The van der Waals surface area contributed by atoms with E-state index in [1.165, 1.54) is 0 Å². The standard InChI is InChI=1S/C7H11NO3/c9-6(10)7(8-11)4-2-1-3-5-7/h1-5H2,(H,9,10). The molecule has 0 saturated heterocycles. The maximum atomic E-state index is 10.6. The average Bonchev–Trinajstić information content (AvgIpc) is 2.05. The van der Waals surface area contributed by atoms with Gasteiger partial charge in [0.2, 0.25) is 0 Å². The van der Waals surface area contributed by atoms with Crippen molar-refractivity contribution in [3.8, 4) is 0 Å². The van der Waals surface area contributed by atoms with Gasteiger partial charge in [-0.2, -0.15) is 0 Å². The average molecular weight is 157 g/mol. The van der Waals surface area contributed by atoms with Crippen LogP contribution in [0.3, 0.4) is 0 Å². The molecule has 0 amide bonds. The Bertz CT molecular complexity index is 173. The summed E-state index contributed by atoms with van der Waals surface area (Å²) < 4.78 is 0. The fraction of sp³-hybridized carbons (Fsp3) is 0.857. The zero-order chi connectivity index (χ0) is 8.32. The van der Waals surface area contributed by atoms with Crippen molar-refractivity contribution >= 4 is 5.97 Å². The number of rotatable bonds is 2. The Balaban J connectivity index is 2.72. The van der Waals surface area contributed by atoms with Crippen molar-refractivity contribution in [1.82, 2.24) is 0 Å². The monoisotopic (exact) mass is 157 g/mol. The molecule has 62 valence electrons. The molecule has 0 radical (unpaired) electrons. The molecule has 0 aromatic heterocycles. The summed E-state index contributed by atoms with van der Waals surface area (Å²) in [5.41, 5.74) is -1.29. The summed E-state index contributed by atoms with van der Waals surface area (Å²) >= 11 is 0. The lowest BCUT2D eigenvalue weighted by Gasteiger charge is -2.25. The number of carboxylic acids is 1. The van der Waals surface area contributed by atoms with Gasteiger partial charge in [-0.1, -0.05) is 24.4 Å². The molecule has 1 fully saturated rings. The SMILES string of the molecule is O=NC1(C(=O)O)CCCCC1. The molecule has 1 aliphatic rings. The molecule has 0 aromatic rings. The highest BCUT2D eigenvalue weighted by atomic mass is 16.4. The van der Waals surface area contributed by atoms with E-state index in [-0.39, 0.29) is 0 Å². The summed E-state index contributed by atoms with van der Waals surface area (Å²) in [4.78, 5) is 20.9. The van der Waals surface area contributed by atoms with E-state index in [1.807, 2.05) is 0 Å². The molecule has 0 aliphatic heterocycles. The van der Waals surface area contributed by atoms with Crippen LogP contribution in [0.4, 0.5) is 0 Å². The maximum absolute atomic E-state index is 10.6. The zero-order valence-corrected chi connectivity index (χ0v) is 6.25. The van der Waals surface area contributed by atoms with Gasteiger partial charge in [-0.25, -0.2) is 4.79 Å². The van der Waals surface area contributed by atoms with Crippen molar-refractivity contribution in [3.63, 3.8) is 0 Å². The van der Waals surface area contributed by atoms with Crippen molar-refractivity contribution in [2.75, 3.05) is 0 Å². The molecule has 0 atom stereocenters. The number of carboxylic acid groups (broad SMARTS) is 1. The maximum Gasteiger partial charge on any atom is 0.335 e. The van der Waals surface area contributed by atoms with E-state index in [0.29, 0.717) is 12.8 Å². The summed E-state index contributed by atoms with van der Waals surface area (Å²) in [5.74, 6) is -1.06. The molecule has 1 rings (SSSR count). The third-order valence-electron chi connectivity index (χ3n) is 2.25. The number of nitroso groups, excluding NO2 is 1. The van der Waals surface area contributed by atoms with Crippen LogP contribution in [0.15, 0.2) is 5.18 Å². The van der Waals surface area contributed by atoms with E-state index in [9.17, 15) is 9.70 Å². The van der Waals surface area contributed by atoms with Crippen LogP contribution in [0, 0.1) is 4.91 Å². The van der Waals surface area contributed by atoms with E-state index in [1.54, 1.807) is 0 Å². The molecule has 1 aliphatic carbocycles. The van der Waals surface area contributed by atoms with Crippen LogP contribution in [0.5, 0.6) is 0 Å². The van der Waals surface area contributed by atoms with Crippen LogP contribution in [0.2, 0.25) is 0 Å². The van der Waals surface area contributed by atoms with E-state index < -0.39 is 11.5 Å². The molecule has 0 spiro atoms. The Morgan fingerprint density at radius 1 is 1.27 bits per heavy atom. The Kier molecular flexibility index (Phi) is 2.22. The van der Waals surface area contributed by atoms with Crippen molar-refractivity contribution in [3.05, 3.63) is 4.91 Å². The predicted molar refractivity (Wildman–Crippen MR) is 39.2 cm³/mol. The largest absolute Gasteiger partial charge is 0.479 e. The Hall–Kier alpha value is -0.930. The molecule has 4 nitrogen and oxygen atoms in total. The van der Waals surface area contributed by atoms with Gasteiger partial charge in [0, 0.05) is 0 Å². The Labute approximate surface area is 64.6 Å². The highest BCUT2D eigenvalue weighted by Gasteiger charge is 2.41. The van der Waals surface area contributed by atoms with Gasteiger partial charge in [-0.15, -0.1) is 4.91 Å². The number of carbonyl (C=O) groups is 1. The summed E-state index contributed by atoms with van der Waals surface area (Å²) in [6.07, 6.45) is 3.44. The van der Waals surface area contributed by atoms with Gasteiger partial charge >= 0.3 is 5.97 Å². The highest BCUT2D eigenvalue weighted by Crippen LogP contribution is 2.31. The fourth-order valence-corrected chi connectivity index (χ4v) is 1.48. The number of nitrogens with zero attached hydrogens (tertiary/aromatic N) is 1. The first-order valence-electron chi connectivity index (χ1n) is 3.79. The van der Waals surface area contributed by atoms with Crippen molar-refractivity contribution < 1.29 is 9.90 Å². The molecule has 11 heavy (non-hydrogen) atoms. The fourth-order valence-electron chi connectivity index (χ4n) is 1.48. The van der Waals surface area contributed by atoms with Crippen LogP contribution in [0.25, 0.3) is 0 Å². The van der Waals surface area contributed by atoms with Crippen LogP contribution >= 0.6 is 0 Å². The molecule has 0 aromatic carbocycles. The Morgan fingerprint density at radius 3 is 2.09 bits per heavy atom. The number of hydrogen-bond acceptors (Lipinski definition) is 3. The predicted octanol–water partition coefficient (Wildman–Crippen LogP) is 1.54. The second kappa shape index (κ2) is 2.98. The minimum Gasteiger partial charge on any atom is -0.479 e.